The third-order valence-electron chi connectivity index (χ3n) is 29.3. The predicted molar refractivity (Wildman–Crippen MR) is 540 cm³/mol. The number of benzene rings is 17. The number of methoxy groups -OCH3 is 7. The Morgan fingerprint density at radius 3 is 1.27 bits per heavy atom. The van der Waals surface area contributed by atoms with E-state index in [2.05, 4.69) is 315 Å². The fourth-order valence-electron chi connectivity index (χ4n) is 22.8. The third-order valence-corrected chi connectivity index (χ3v) is 29.3. The molecule has 0 saturated carbocycles. The summed E-state index contributed by atoms with van der Waals surface area (Å²) in [4.78, 5) is 4.50. The SMILES string of the molecule is COc1ccc(C2(c3ccc(N(C)C)cc3)C=Cc3c4c(c5ccc(OC)cc5c3O2)-c2ccc(OC)cc2CC4)cc1.COc1ccc(C2(c3ccc(OC)cc3)C=Cc3c4c(c5ccccc5c3O2)CCCC4)cc1.COc1ccc2c(c1)C1(c3c4c(c5cc(OC)ccc5c3-2)OC(c2ccccc2)(c2ccc(N3CCOCC3)cc2)C=C4)c2cccc3ccc4cccc1c4c23. The van der Waals surface area contributed by atoms with Crippen LogP contribution in [0.15, 0.2) is 315 Å². The zero-order chi connectivity index (χ0) is 90.7. The summed E-state index contributed by atoms with van der Waals surface area (Å²) in [5, 5.41) is 12.0. The highest BCUT2D eigenvalue weighted by Crippen LogP contribution is 2.68. The van der Waals surface area contributed by atoms with Crippen molar-refractivity contribution in [1.82, 2.24) is 0 Å². The van der Waals surface area contributed by atoms with Crippen molar-refractivity contribution in [3.8, 4) is 79.7 Å². The smallest absolute Gasteiger partial charge is 0.178 e. The number of hydrogen-bond donors (Lipinski definition) is 0. The highest BCUT2D eigenvalue weighted by atomic mass is 16.5. The van der Waals surface area contributed by atoms with E-state index < -0.39 is 22.2 Å². The third kappa shape index (κ3) is 13.1. The predicted octanol–water partition coefficient (Wildman–Crippen LogP) is 26.2. The molecule has 4 aliphatic heterocycles. The van der Waals surface area contributed by atoms with Gasteiger partial charge in [0.1, 0.15) is 57.5 Å². The molecule has 2 atom stereocenters. The quantitative estimate of drug-likeness (QED) is 0.0910. The van der Waals surface area contributed by atoms with Gasteiger partial charge in [-0.3, -0.25) is 0 Å². The molecule has 13 heteroatoms. The van der Waals surface area contributed by atoms with E-state index in [4.69, 9.17) is 52.1 Å². The first-order valence-corrected chi connectivity index (χ1v) is 46.4. The van der Waals surface area contributed by atoms with Gasteiger partial charge < -0.3 is 61.9 Å². The van der Waals surface area contributed by atoms with Gasteiger partial charge in [0.2, 0.25) is 0 Å². The van der Waals surface area contributed by atoms with Crippen LogP contribution in [-0.2, 0) is 52.6 Å². The molecule has 17 aromatic carbocycles. The second-order valence-electron chi connectivity index (χ2n) is 36.1. The van der Waals surface area contributed by atoms with Crippen molar-refractivity contribution < 1.29 is 52.1 Å². The second-order valence-corrected chi connectivity index (χ2v) is 36.1. The molecule has 13 nitrogen and oxygen atoms in total. The molecule has 1 spiro atoms. The normalized spacial score (nSPS) is 17.1. The number of morpholine rings is 1. The fraction of sp³-hybridized carbons (Fsp3) is 0.190. The Labute approximate surface area is 781 Å². The first kappa shape index (κ1) is 83.2. The van der Waals surface area contributed by atoms with Crippen LogP contribution in [0.5, 0.6) is 57.5 Å². The summed E-state index contributed by atoms with van der Waals surface area (Å²) >= 11 is 0. The summed E-state index contributed by atoms with van der Waals surface area (Å²) in [7, 11) is 16.1. The maximum atomic E-state index is 7.78. The number of rotatable bonds is 15. The Kier molecular flexibility index (Phi) is 20.7. The van der Waals surface area contributed by atoms with E-state index in [0.29, 0.717) is 0 Å². The first-order valence-electron chi connectivity index (χ1n) is 46.4. The molecule has 2 unspecified atom stereocenters. The van der Waals surface area contributed by atoms with E-state index in [1.165, 1.54) is 123 Å². The average Bonchev–Trinajstić information content (AvgIpc) is 1.48. The van der Waals surface area contributed by atoms with E-state index in [1.54, 1.807) is 49.8 Å². The van der Waals surface area contributed by atoms with Crippen molar-refractivity contribution in [2.75, 3.05) is 100.0 Å². The number of nitrogens with zero attached hydrogens (tertiary/aromatic N) is 2. The molecule has 0 aromatic heterocycles. The number of ether oxygens (including phenoxy) is 11. The van der Waals surface area contributed by atoms with Crippen LogP contribution in [-0.4, -0.2) is 90.2 Å². The van der Waals surface area contributed by atoms with Crippen molar-refractivity contribution in [3.05, 3.63) is 410 Å². The van der Waals surface area contributed by atoms with Gasteiger partial charge in [0, 0.05) is 105 Å². The average molecular weight is 1760 g/mol. The number of aryl methyl sites for hydroxylation is 2. The van der Waals surface area contributed by atoms with Crippen molar-refractivity contribution in [2.45, 2.75) is 60.7 Å². The molecule has 25 rings (SSSR count). The number of anilines is 2. The van der Waals surface area contributed by atoms with Gasteiger partial charge in [-0.2, -0.15) is 0 Å². The summed E-state index contributed by atoms with van der Waals surface area (Å²) in [6, 6.07) is 106. The van der Waals surface area contributed by atoms with Gasteiger partial charge in [0.05, 0.1) is 68.4 Å². The number of hydrogen-bond acceptors (Lipinski definition) is 13. The van der Waals surface area contributed by atoms with Crippen LogP contribution in [0.1, 0.15) is 107 Å². The Bertz CT molecular complexity index is 7540. The monoisotopic (exact) mass is 1760 g/mol. The van der Waals surface area contributed by atoms with E-state index in [0.717, 1.165) is 181 Å². The van der Waals surface area contributed by atoms with E-state index in [1.807, 2.05) is 42.5 Å². The molecular weight excluding hydrogens is 1660 g/mol. The molecule has 4 aliphatic carbocycles. The lowest BCUT2D eigenvalue weighted by Crippen LogP contribution is -2.37. The maximum absolute atomic E-state index is 7.78. The topological polar surface area (TPSA) is 108 Å². The van der Waals surface area contributed by atoms with Crippen LogP contribution in [0.25, 0.3) is 94.3 Å². The zero-order valence-corrected chi connectivity index (χ0v) is 76.7. The summed E-state index contributed by atoms with van der Waals surface area (Å²) < 4.78 is 67.5. The van der Waals surface area contributed by atoms with Crippen LogP contribution >= 0.6 is 0 Å². The summed E-state index contributed by atoms with van der Waals surface area (Å²) in [5.74, 6) is 8.47. The van der Waals surface area contributed by atoms with Crippen LogP contribution in [0, 0.1) is 0 Å². The highest BCUT2D eigenvalue weighted by Gasteiger charge is 2.55. The van der Waals surface area contributed by atoms with Gasteiger partial charge in [-0.1, -0.05) is 194 Å². The Balaban J connectivity index is 0.000000118. The molecule has 8 aliphatic rings. The van der Waals surface area contributed by atoms with E-state index >= 15 is 0 Å². The Morgan fingerprint density at radius 2 is 0.739 bits per heavy atom. The Hall–Kier alpha value is -15.2. The summed E-state index contributed by atoms with van der Waals surface area (Å²) in [6.07, 6.45) is 20.2. The molecule has 4 heterocycles. The van der Waals surface area contributed by atoms with E-state index in [9.17, 15) is 0 Å². The molecule has 1 fully saturated rings. The highest BCUT2D eigenvalue weighted by molar-refractivity contribution is 6.20. The molecule has 0 bridgehead atoms. The van der Waals surface area contributed by atoms with Gasteiger partial charge in [0.15, 0.2) is 16.8 Å². The van der Waals surface area contributed by atoms with Gasteiger partial charge in [-0.25, -0.2) is 0 Å². The first-order chi connectivity index (χ1) is 65.8. The van der Waals surface area contributed by atoms with Crippen LogP contribution in [0.3, 0.4) is 0 Å². The lowest BCUT2D eigenvalue weighted by atomic mass is 9.68. The molecule has 662 valence electrons. The molecule has 17 aromatic rings. The minimum absolute atomic E-state index is 0.625. The summed E-state index contributed by atoms with van der Waals surface area (Å²) in [5.41, 5.74) is 24.6. The van der Waals surface area contributed by atoms with Crippen molar-refractivity contribution in [2.24, 2.45) is 0 Å². The van der Waals surface area contributed by atoms with Crippen molar-refractivity contribution in [1.29, 1.82) is 0 Å². The molecule has 0 radical (unpaired) electrons. The van der Waals surface area contributed by atoms with Crippen molar-refractivity contribution in [3.63, 3.8) is 0 Å². The minimum Gasteiger partial charge on any atom is -0.497 e. The minimum atomic E-state index is -0.900. The fourth-order valence-corrected chi connectivity index (χ4v) is 22.8. The van der Waals surface area contributed by atoms with Gasteiger partial charge >= 0.3 is 0 Å². The molecule has 134 heavy (non-hydrogen) atoms. The zero-order valence-electron chi connectivity index (χ0n) is 76.7. The van der Waals surface area contributed by atoms with Crippen LogP contribution < -0.4 is 57.2 Å². The standard InChI is InChI=1S/C52H39NO4.C38H35NO4.C31H28O3/c1-54-37-20-22-39-42(30-37)50-41(24-25-51(57-50,34-10-4-3-5-11-34)35-16-18-36(19-17-35)53-26-28-56-29-27-53)49-48(39)40-23-21-38(55-2)31-45(40)52(49)43-12-6-8-32-14-15-33-9-7-13-44(52)47(33)46(32)43;1-39(2)27-11-7-25(8-12-27)38(26-9-13-28(40-3)14-10-26)21-20-34-32-17-6-24-22-29(41-4)15-18-31(24)36(32)33-19-16-30(42-5)23-35(33)37(34)43-38;1-32-23-15-11-21(12-16-23)31(22-13-17-24(33-2)18-14-22)20-19-29-27-9-4-3-7-25(27)26-8-5-6-10-28(26)30(29)34-31/h3-25,30-31H,26-29H2,1-2H3;7-16,18-23H,6,17H2,1-5H3;5-6,8,10-20H,3-4,7,9H2,1-2H3. The lowest BCUT2D eigenvalue weighted by molar-refractivity contribution is 0.122. The van der Waals surface area contributed by atoms with E-state index in [-0.39, 0.29) is 0 Å². The molecule has 0 amide bonds. The van der Waals surface area contributed by atoms with Gasteiger partial charge in [-0.15, -0.1) is 0 Å². The molecular formula is C121H102N2O11. The van der Waals surface area contributed by atoms with Crippen molar-refractivity contribution >= 4 is 83.5 Å². The van der Waals surface area contributed by atoms with Crippen LogP contribution in [0.4, 0.5) is 11.4 Å². The van der Waals surface area contributed by atoms with Crippen LogP contribution in [0.2, 0.25) is 0 Å². The lowest BCUT2D eigenvalue weighted by Gasteiger charge is -2.39. The van der Waals surface area contributed by atoms with Gasteiger partial charge in [-0.05, 0) is 283 Å². The van der Waals surface area contributed by atoms with Gasteiger partial charge in [0.25, 0.3) is 0 Å². The molecule has 1 saturated heterocycles. The number of fused-ring (bicyclic) bond motifs is 26. The molecule has 0 N–H and O–H groups in total. The summed E-state index contributed by atoms with van der Waals surface area (Å²) in [6.45, 7) is 3.25. The Morgan fingerprint density at radius 1 is 0.313 bits per heavy atom. The largest absolute Gasteiger partial charge is 0.497 e. The maximum Gasteiger partial charge on any atom is 0.178 e. The second kappa shape index (κ2) is 33.3.